The van der Waals surface area contributed by atoms with Crippen molar-refractivity contribution in [3.05, 3.63) is 71.3 Å². The SMILES string of the molecule is CC(C)(N)NC(=O)N[C@H](COCc1ccccc1)C(=O)N1CCC2(CC1)CC(S(C)(=O)=O)c1ccccc12. The monoisotopic (exact) mass is 542 g/mol. The van der Waals surface area contributed by atoms with Gasteiger partial charge < -0.3 is 26.0 Å². The summed E-state index contributed by atoms with van der Waals surface area (Å²) in [6.45, 7) is 4.55. The number of hydrogen-bond donors (Lipinski definition) is 3. The van der Waals surface area contributed by atoms with Crippen LogP contribution in [-0.4, -0.2) is 62.9 Å². The van der Waals surface area contributed by atoms with E-state index in [-0.39, 0.29) is 17.9 Å². The predicted octanol–water partition coefficient (Wildman–Crippen LogP) is 2.62. The van der Waals surface area contributed by atoms with E-state index in [1.54, 1.807) is 18.7 Å². The molecular formula is C28H38N4O5S. The van der Waals surface area contributed by atoms with Crippen molar-refractivity contribution in [3.63, 3.8) is 0 Å². The van der Waals surface area contributed by atoms with Gasteiger partial charge in [0.15, 0.2) is 9.84 Å². The number of nitrogens with one attached hydrogen (secondary N) is 2. The summed E-state index contributed by atoms with van der Waals surface area (Å²) in [7, 11) is -3.26. The number of hydrogen-bond acceptors (Lipinski definition) is 6. The van der Waals surface area contributed by atoms with Gasteiger partial charge >= 0.3 is 6.03 Å². The van der Waals surface area contributed by atoms with E-state index >= 15 is 0 Å². The Kier molecular flexibility index (Phi) is 8.15. The van der Waals surface area contributed by atoms with Gasteiger partial charge in [-0.25, -0.2) is 13.2 Å². The molecule has 2 aliphatic rings. The van der Waals surface area contributed by atoms with Gasteiger partial charge in [-0.05, 0) is 49.8 Å². The standard InChI is InChI=1S/C28H38N4O5S/c1-27(2,29)31-26(34)30-23(19-37-18-20-9-5-4-6-10-20)25(33)32-15-13-28(14-16-32)17-24(38(3,35)36)21-11-7-8-12-22(21)28/h4-12,23-24H,13-19,29H2,1-3H3,(H2,30,31,34)/t23-,24?/m1/s1. The number of nitrogens with zero attached hydrogens (tertiary/aromatic N) is 1. The first-order valence-corrected chi connectivity index (χ1v) is 14.9. The predicted molar refractivity (Wildman–Crippen MR) is 146 cm³/mol. The second-order valence-corrected chi connectivity index (χ2v) is 13.3. The number of rotatable bonds is 8. The number of sulfone groups is 1. The molecule has 1 aliphatic heterocycles. The summed E-state index contributed by atoms with van der Waals surface area (Å²) in [4.78, 5) is 27.9. The zero-order valence-corrected chi connectivity index (χ0v) is 23.1. The molecule has 0 saturated carbocycles. The Bertz CT molecular complexity index is 1250. The van der Waals surface area contributed by atoms with E-state index in [9.17, 15) is 18.0 Å². The highest BCUT2D eigenvalue weighted by Crippen LogP contribution is 2.53. The molecule has 1 saturated heterocycles. The number of urea groups is 1. The molecule has 2 aromatic rings. The summed E-state index contributed by atoms with van der Waals surface area (Å²) in [5.74, 6) is -0.233. The van der Waals surface area contributed by atoms with E-state index in [0.717, 1.165) is 16.7 Å². The van der Waals surface area contributed by atoms with Gasteiger partial charge in [0.1, 0.15) is 6.04 Å². The molecule has 1 aliphatic carbocycles. The van der Waals surface area contributed by atoms with E-state index in [4.69, 9.17) is 10.5 Å². The zero-order chi connectivity index (χ0) is 27.6. The smallest absolute Gasteiger partial charge is 0.316 e. The third-order valence-corrected chi connectivity index (χ3v) is 8.89. The van der Waals surface area contributed by atoms with E-state index in [2.05, 4.69) is 10.6 Å². The Labute approximate surface area is 225 Å². The Balaban J connectivity index is 1.45. The zero-order valence-electron chi connectivity index (χ0n) is 22.3. The quantitative estimate of drug-likeness (QED) is 0.440. The van der Waals surface area contributed by atoms with E-state index in [0.29, 0.717) is 39.0 Å². The van der Waals surface area contributed by atoms with Crippen LogP contribution in [0.15, 0.2) is 54.6 Å². The third-order valence-electron chi connectivity index (χ3n) is 7.44. The van der Waals surface area contributed by atoms with Crippen molar-refractivity contribution in [3.8, 4) is 0 Å². The average molecular weight is 543 g/mol. The summed E-state index contributed by atoms with van der Waals surface area (Å²) >= 11 is 0. The molecule has 0 bridgehead atoms. The molecule has 1 spiro atoms. The van der Waals surface area contributed by atoms with Gasteiger partial charge in [0.05, 0.1) is 24.1 Å². The number of nitrogens with two attached hydrogens (primary N) is 1. The molecule has 0 aromatic heterocycles. The number of carbonyl (C=O) groups excluding carboxylic acids is 2. The van der Waals surface area contributed by atoms with Crippen LogP contribution in [0.3, 0.4) is 0 Å². The maximum atomic E-state index is 13.6. The number of amides is 3. The van der Waals surface area contributed by atoms with Crippen LogP contribution < -0.4 is 16.4 Å². The number of carbonyl (C=O) groups is 2. The molecular weight excluding hydrogens is 504 g/mol. The largest absolute Gasteiger partial charge is 0.374 e. The van der Waals surface area contributed by atoms with Gasteiger partial charge in [-0.2, -0.15) is 0 Å². The minimum atomic E-state index is -3.26. The van der Waals surface area contributed by atoms with Crippen molar-refractivity contribution in [1.29, 1.82) is 0 Å². The lowest BCUT2D eigenvalue weighted by Crippen LogP contribution is -2.60. The van der Waals surface area contributed by atoms with Crippen LogP contribution in [0.5, 0.6) is 0 Å². The van der Waals surface area contributed by atoms with E-state index in [1.165, 1.54) is 6.26 Å². The Morgan fingerprint density at radius 1 is 1.11 bits per heavy atom. The summed E-state index contributed by atoms with van der Waals surface area (Å²) in [6, 6.07) is 15.9. The first kappa shape index (κ1) is 28.1. The Hall–Kier alpha value is -2.95. The van der Waals surface area contributed by atoms with Crippen molar-refractivity contribution in [2.45, 2.75) is 62.1 Å². The van der Waals surface area contributed by atoms with Gasteiger partial charge in [0, 0.05) is 24.8 Å². The Morgan fingerprint density at radius 2 is 1.74 bits per heavy atom. The lowest BCUT2D eigenvalue weighted by atomic mass is 9.74. The van der Waals surface area contributed by atoms with Crippen LogP contribution in [0.25, 0.3) is 0 Å². The maximum absolute atomic E-state index is 13.6. The van der Waals surface area contributed by atoms with Crippen molar-refractivity contribution in [1.82, 2.24) is 15.5 Å². The summed E-state index contributed by atoms with van der Waals surface area (Å²) in [5.41, 5.74) is 7.60. The summed E-state index contributed by atoms with van der Waals surface area (Å²) < 4.78 is 30.9. The molecule has 10 heteroatoms. The van der Waals surface area contributed by atoms with Gasteiger partial charge in [-0.1, -0.05) is 54.6 Å². The fourth-order valence-corrected chi connectivity index (χ4v) is 6.89. The first-order chi connectivity index (χ1) is 17.9. The van der Waals surface area contributed by atoms with Crippen LogP contribution in [0.2, 0.25) is 0 Å². The molecule has 1 heterocycles. The minimum Gasteiger partial charge on any atom is -0.374 e. The minimum absolute atomic E-state index is 0.00672. The number of ether oxygens (including phenoxy) is 1. The average Bonchev–Trinajstić information content (AvgIpc) is 3.18. The molecule has 206 valence electrons. The van der Waals surface area contributed by atoms with Crippen molar-refractivity contribution >= 4 is 21.8 Å². The number of piperidine rings is 1. The number of benzene rings is 2. The lowest BCUT2D eigenvalue weighted by molar-refractivity contribution is -0.136. The highest BCUT2D eigenvalue weighted by atomic mass is 32.2. The molecule has 1 unspecified atom stereocenters. The van der Waals surface area contributed by atoms with Crippen LogP contribution >= 0.6 is 0 Å². The van der Waals surface area contributed by atoms with Crippen molar-refractivity contribution < 1.29 is 22.7 Å². The van der Waals surface area contributed by atoms with E-state index < -0.39 is 32.8 Å². The maximum Gasteiger partial charge on any atom is 0.316 e. The number of likely N-dealkylation sites (tertiary alicyclic amines) is 1. The highest BCUT2D eigenvalue weighted by Gasteiger charge is 2.49. The topological polar surface area (TPSA) is 131 Å². The van der Waals surface area contributed by atoms with Crippen molar-refractivity contribution in [2.75, 3.05) is 26.0 Å². The normalized spacial score (nSPS) is 19.6. The lowest BCUT2D eigenvalue weighted by Gasteiger charge is -2.41. The first-order valence-electron chi connectivity index (χ1n) is 12.9. The summed E-state index contributed by atoms with van der Waals surface area (Å²) in [6.07, 6.45) is 3.14. The highest BCUT2D eigenvalue weighted by molar-refractivity contribution is 7.90. The van der Waals surface area contributed by atoms with Crippen LogP contribution in [-0.2, 0) is 31.4 Å². The van der Waals surface area contributed by atoms with Gasteiger partial charge in [-0.3, -0.25) is 4.79 Å². The third kappa shape index (κ3) is 6.54. The molecule has 1 fully saturated rings. The molecule has 2 aromatic carbocycles. The molecule has 3 amide bonds. The second-order valence-electron chi connectivity index (χ2n) is 11.1. The van der Waals surface area contributed by atoms with Gasteiger partial charge in [0.25, 0.3) is 0 Å². The van der Waals surface area contributed by atoms with Crippen molar-refractivity contribution in [2.24, 2.45) is 5.73 Å². The molecule has 4 N–H and O–H groups in total. The molecule has 4 rings (SSSR count). The van der Waals surface area contributed by atoms with E-state index in [1.807, 2.05) is 54.6 Å². The summed E-state index contributed by atoms with van der Waals surface area (Å²) in [5, 5.41) is 4.84. The Morgan fingerprint density at radius 3 is 2.37 bits per heavy atom. The van der Waals surface area contributed by atoms with Crippen LogP contribution in [0.1, 0.15) is 55.1 Å². The molecule has 9 nitrogen and oxygen atoms in total. The van der Waals surface area contributed by atoms with Gasteiger partial charge in [-0.15, -0.1) is 0 Å². The molecule has 0 radical (unpaired) electrons. The van der Waals surface area contributed by atoms with Gasteiger partial charge in [0.2, 0.25) is 5.91 Å². The molecule has 2 atom stereocenters. The van der Waals surface area contributed by atoms with Crippen LogP contribution in [0.4, 0.5) is 4.79 Å². The van der Waals surface area contributed by atoms with Crippen LogP contribution in [0, 0.1) is 0 Å². The fourth-order valence-electron chi connectivity index (χ4n) is 5.60. The second kappa shape index (κ2) is 11.0. The fraction of sp³-hybridized carbons (Fsp3) is 0.500. The number of fused-ring (bicyclic) bond motifs is 2. The molecule has 38 heavy (non-hydrogen) atoms.